The summed E-state index contributed by atoms with van der Waals surface area (Å²) in [5, 5.41) is 20.3. The van der Waals surface area contributed by atoms with Gasteiger partial charge in [-0.2, -0.15) is 0 Å². The fourth-order valence-corrected chi connectivity index (χ4v) is 3.05. The van der Waals surface area contributed by atoms with Crippen LogP contribution in [0.3, 0.4) is 0 Å². The van der Waals surface area contributed by atoms with Crippen LogP contribution < -0.4 is 0 Å². The van der Waals surface area contributed by atoms with Crippen molar-refractivity contribution in [2.75, 3.05) is 13.2 Å². The minimum Gasteiger partial charge on any atom is -0.395 e. The van der Waals surface area contributed by atoms with Gasteiger partial charge in [0.1, 0.15) is 10.6 Å². The summed E-state index contributed by atoms with van der Waals surface area (Å²) in [6, 6.07) is 4.35. The zero-order chi connectivity index (χ0) is 15.4. The van der Waals surface area contributed by atoms with Crippen LogP contribution in [0.2, 0.25) is 5.02 Å². The summed E-state index contributed by atoms with van der Waals surface area (Å²) in [7, 11) is 0. The SMILES string of the molecule is O=C(c1cccc(Cl)c1[N+](=O)[O-])N(CCO)C1CCCC1. The molecule has 0 atom stereocenters. The molecule has 0 unspecified atom stereocenters. The Kier molecular flexibility index (Phi) is 5.14. The molecule has 1 aliphatic carbocycles. The fourth-order valence-electron chi connectivity index (χ4n) is 2.80. The second-order valence-corrected chi connectivity index (χ2v) is 5.46. The first kappa shape index (κ1) is 15.7. The molecule has 1 aromatic carbocycles. The Hall–Kier alpha value is -1.66. The largest absolute Gasteiger partial charge is 0.395 e. The van der Waals surface area contributed by atoms with Crippen LogP contribution >= 0.6 is 11.6 Å². The van der Waals surface area contributed by atoms with Gasteiger partial charge in [0, 0.05) is 12.6 Å². The summed E-state index contributed by atoms with van der Waals surface area (Å²) in [5.74, 6) is -0.440. The number of carbonyl (C=O) groups is 1. The van der Waals surface area contributed by atoms with E-state index in [2.05, 4.69) is 0 Å². The van der Waals surface area contributed by atoms with Crippen molar-refractivity contribution in [3.05, 3.63) is 38.9 Å². The van der Waals surface area contributed by atoms with E-state index >= 15 is 0 Å². The number of para-hydroxylation sites is 1. The maximum absolute atomic E-state index is 12.7. The lowest BCUT2D eigenvalue weighted by Gasteiger charge is -2.28. The number of nitrogens with zero attached hydrogens (tertiary/aromatic N) is 2. The van der Waals surface area contributed by atoms with Gasteiger partial charge in [-0.05, 0) is 25.0 Å². The molecule has 114 valence electrons. The van der Waals surface area contributed by atoms with Crippen molar-refractivity contribution < 1.29 is 14.8 Å². The Bertz CT molecular complexity index is 544. The number of aliphatic hydroxyl groups excluding tert-OH is 1. The summed E-state index contributed by atoms with van der Waals surface area (Å²) in [4.78, 5) is 24.7. The maximum Gasteiger partial charge on any atom is 0.300 e. The van der Waals surface area contributed by atoms with Crippen LogP contribution in [-0.2, 0) is 0 Å². The highest BCUT2D eigenvalue weighted by Gasteiger charge is 2.32. The van der Waals surface area contributed by atoms with Crippen LogP contribution in [0, 0.1) is 10.1 Å². The highest BCUT2D eigenvalue weighted by Crippen LogP contribution is 2.31. The first-order valence-electron chi connectivity index (χ1n) is 6.91. The molecule has 0 aromatic heterocycles. The summed E-state index contributed by atoms with van der Waals surface area (Å²) < 4.78 is 0. The predicted molar refractivity (Wildman–Crippen MR) is 78.5 cm³/mol. The lowest BCUT2D eigenvalue weighted by Crippen LogP contribution is -2.41. The van der Waals surface area contributed by atoms with Crippen LogP contribution in [0.4, 0.5) is 5.69 Å². The number of aliphatic hydroxyl groups is 1. The number of halogens is 1. The van der Waals surface area contributed by atoms with Crippen molar-refractivity contribution in [2.45, 2.75) is 31.7 Å². The maximum atomic E-state index is 12.7. The standard InChI is InChI=1S/C14H17ClN2O4/c15-12-7-3-6-11(13(12)17(20)21)14(19)16(8-9-18)10-4-1-2-5-10/h3,6-7,10,18H,1-2,4-5,8-9H2. The number of rotatable bonds is 5. The third kappa shape index (κ3) is 3.33. The molecule has 0 bridgehead atoms. The van der Waals surface area contributed by atoms with E-state index in [1.54, 1.807) is 0 Å². The Morgan fingerprint density at radius 3 is 2.67 bits per heavy atom. The van der Waals surface area contributed by atoms with Crippen LogP contribution in [0.25, 0.3) is 0 Å². The lowest BCUT2D eigenvalue weighted by molar-refractivity contribution is -0.385. The summed E-state index contributed by atoms with van der Waals surface area (Å²) in [5.41, 5.74) is -0.391. The topological polar surface area (TPSA) is 83.7 Å². The van der Waals surface area contributed by atoms with Gasteiger partial charge in [-0.1, -0.05) is 30.5 Å². The van der Waals surface area contributed by atoms with Crippen molar-refractivity contribution in [3.8, 4) is 0 Å². The first-order valence-corrected chi connectivity index (χ1v) is 7.28. The van der Waals surface area contributed by atoms with Gasteiger partial charge in [-0.25, -0.2) is 0 Å². The van der Waals surface area contributed by atoms with Crippen LogP contribution in [-0.4, -0.2) is 40.0 Å². The van der Waals surface area contributed by atoms with Gasteiger partial charge in [0.25, 0.3) is 5.91 Å². The van der Waals surface area contributed by atoms with Crippen LogP contribution in [0.1, 0.15) is 36.0 Å². The minimum absolute atomic E-state index is 0.0205. The summed E-state index contributed by atoms with van der Waals surface area (Å²) in [6.07, 6.45) is 3.77. The number of benzene rings is 1. The van der Waals surface area contributed by atoms with Gasteiger partial charge >= 0.3 is 5.69 Å². The number of hydrogen-bond donors (Lipinski definition) is 1. The summed E-state index contributed by atoms with van der Waals surface area (Å²) >= 11 is 5.85. The fraction of sp³-hybridized carbons (Fsp3) is 0.500. The number of hydrogen-bond acceptors (Lipinski definition) is 4. The van der Waals surface area contributed by atoms with Gasteiger partial charge in [-0.15, -0.1) is 0 Å². The normalized spacial score (nSPS) is 15.1. The Balaban J connectivity index is 2.36. The van der Waals surface area contributed by atoms with Crippen LogP contribution in [0.15, 0.2) is 18.2 Å². The molecular formula is C14H17ClN2O4. The molecule has 21 heavy (non-hydrogen) atoms. The highest BCUT2D eigenvalue weighted by atomic mass is 35.5. The molecule has 0 heterocycles. The molecule has 0 radical (unpaired) electrons. The molecule has 1 amide bonds. The minimum atomic E-state index is -0.638. The predicted octanol–water partition coefficient (Wildman–Crippen LogP) is 2.63. The van der Waals surface area contributed by atoms with E-state index in [1.165, 1.54) is 23.1 Å². The van der Waals surface area contributed by atoms with E-state index in [9.17, 15) is 20.0 Å². The number of amides is 1. The zero-order valence-electron chi connectivity index (χ0n) is 11.5. The molecule has 1 aliphatic rings. The van der Waals surface area contributed by atoms with E-state index in [1.807, 2.05) is 0 Å². The second-order valence-electron chi connectivity index (χ2n) is 5.05. The monoisotopic (exact) mass is 312 g/mol. The molecule has 6 nitrogen and oxygen atoms in total. The Labute approximate surface area is 127 Å². The smallest absolute Gasteiger partial charge is 0.300 e. The average Bonchev–Trinajstić information content (AvgIpc) is 2.97. The van der Waals surface area contributed by atoms with Gasteiger partial charge in [0.05, 0.1) is 11.5 Å². The quantitative estimate of drug-likeness (QED) is 0.669. The van der Waals surface area contributed by atoms with Gasteiger partial charge in [0.2, 0.25) is 0 Å². The van der Waals surface area contributed by atoms with Crippen molar-refractivity contribution in [2.24, 2.45) is 0 Å². The van der Waals surface area contributed by atoms with Crippen LogP contribution in [0.5, 0.6) is 0 Å². The Morgan fingerprint density at radius 1 is 1.43 bits per heavy atom. The highest BCUT2D eigenvalue weighted by molar-refractivity contribution is 6.33. The molecule has 1 fully saturated rings. The second kappa shape index (κ2) is 6.87. The van der Waals surface area contributed by atoms with Crippen molar-refractivity contribution >= 4 is 23.2 Å². The van der Waals surface area contributed by atoms with E-state index < -0.39 is 10.8 Å². The van der Waals surface area contributed by atoms with E-state index in [0.29, 0.717) is 0 Å². The number of nitro groups is 1. The number of carbonyl (C=O) groups excluding carboxylic acids is 1. The molecule has 1 aromatic rings. The van der Waals surface area contributed by atoms with E-state index in [-0.39, 0.29) is 35.5 Å². The third-order valence-corrected chi connectivity index (χ3v) is 4.07. The van der Waals surface area contributed by atoms with E-state index in [4.69, 9.17) is 11.6 Å². The third-order valence-electron chi connectivity index (χ3n) is 3.77. The van der Waals surface area contributed by atoms with Gasteiger partial charge in [-0.3, -0.25) is 14.9 Å². The van der Waals surface area contributed by atoms with E-state index in [0.717, 1.165) is 25.7 Å². The number of nitro benzene ring substituents is 1. The lowest BCUT2D eigenvalue weighted by atomic mass is 10.1. The van der Waals surface area contributed by atoms with Crippen molar-refractivity contribution in [3.63, 3.8) is 0 Å². The van der Waals surface area contributed by atoms with Crippen molar-refractivity contribution in [1.29, 1.82) is 0 Å². The summed E-state index contributed by atoms with van der Waals surface area (Å²) in [6.45, 7) is 0.00374. The van der Waals surface area contributed by atoms with Crippen molar-refractivity contribution in [1.82, 2.24) is 4.90 Å². The van der Waals surface area contributed by atoms with Gasteiger partial charge in [0.15, 0.2) is 0 Å². The Morgan fingerprint density at radius 2 is 2.10 bits per heavy atom. The first-order chi connectivity index (χ1) is 10.1. The molecular weight excluding hydrogens is 296 g/mol. The molecule has 1 N–H and O–H groups in total. The molecule has 7 heteroatoms. The molecule has 0 spiro atoms. The van der Waals surface area contributed by atoms with Gasteiger partial charge < -0.3 is 10.0 Å². The molecule has 2 rings (SSSR count). The molecule has 0 aliphatic heterocycles. The molecule has 0 saturated heterocycles. The zero-order valence-corrected chi connectivity index (χ0v) is 12.3. The average molecular weight is 313 g/mol. The molecule has 1 saturated carbocycles.